The fourth-order valence-corrected chi connectivity index (χ4v) is 3.78. The van der Waals surface area contributed by atoms with Crippen LogP contribution < -0.4 is 9.64 Å². The predicted octanol–water partition coefficient (Wildman–Crippen LogP) is 2.23. The number of Topliss-reactive ketones (excluding diaryl/α,β-unsaturated/α-hetero) is 1. The molecule has 0 aromatic heterocycles. The average Bonchev–Trinajstić information content (AvgIpc) is 3.07. The maximum absolute atomic E-state index is 12.5. The summed E-state index contributed by atoms with van der Waals surface area (Å²) in [4.78, 5) is 48.7. The van der Waals surface area contributed by atoms with Crippen molar-refractivity contribution in [2.45, 2.75) is 19.3 Å². The monoisotopic (exact) mass is 410 g/mol. The van der Waals surface area contributed by atoms with E-state index in [1.807, 2.05) is 0 Å². The van der Waals surface area contributed by atoms with Gasteiger partial charge in [-0.25, -0.2) is 4.79 Å². The van der Waals surface area contributed by atoms with Crippen molar-refractivity contribution in [3.63, 3.8) is 0 Å². The second-order valence-corrected chi connectivity index (χ2v) is 7.07. The number of rotatable bonds is 7. The zero-order valence-electron chi connectivity index (χ0n) is 16.0. The fraction of sp³-hybridized carbons (Fsp3) is 0.286. The molecule has 9 nitrogen and oxygen atoms in total. The Balaban J connectivity index is 1.37. The molecule has 0 aliphatic carbocycles. The van der Waals surface area contributed by atoms with E-state index >= 15 is 0 Å². The molecule has 0 bridgehead atoms. The maximum atomic E-state index is 12.5. The summed E-state index contributed by atoms with van der Waals surface area (Å²) in [5, 5.41) is 11.0. The molecule has 0 spiro atoms. The van der Waals surface area contributed by atoms with E-state index in [0.717, 1.165) is 29.7 Å². The highest BCUT2D eigenvalue weighted by molar-refractivity contribution is 6.05. The lowest BCUT2D eigenvalue weighted by Gasteiger charge is -2.25. The largest absolute Gasteiger partial charge is 0.475 e. The Hall–Kier alpha value is -3.75. The van der Waals surface area contributed by atoms with E-state index in [4.69, 9.17) is 9.47 Å². The minimum Gasteiger partial charge on any atom is -0.475 e. The van der Waals surface area contributed by atoms with Crippen molar-refractivity contribution < 1.29 is 28.8 Å². The Morgan fingerprint density at radius 3 is 2.70 bits per heavy atom. The number of hydrogen-bond donors (Lipinski definition) is 0. The first-order valence-corrected chi connectivity index (χ1v) is 9.45. The van der Waals surface area contributed by atoms with Gasteiger partial charge in [-0.15, -0.1) is 0 Å². The molecule has 1 amide bonds. The van der Waals surface area contributed by atoms with Gasteiger partial charge in [0.05, 0.1) is 17.0 Å². The van der Waals surface area contributed by atoms with Crippen LogP contribution in [0.5, 0.6) is 5.75 Å². The standard InChI is InChI=1S/C21H18N2O7/c24-17(11-30-20(26)12-29-18-6-2-1-5-16(18)23(27)28)14-8-13-4-3-7-22-19(25)10-15(9-14)21(13)22/h1-2,5-6,8-9H,3-4,7,10-12H2. The van der Waals surface area contributed by atoms with E-state index in [2.05, 4.69) is 0 Å². The zero-order chi connectivity index (χ0) is 21.3. The summed E-state index contributed by atoms with van der Waals surface area (Å²) in [6, 6.07) is 9.10. The molecule has 0 saturated carbocycles. The number of para-hydroxylation sites is 2. The summed E-state index contributed by atoms with van der Waals surface area (Å²) >= 11 is 0. The lowest BCUT2D eigenvalue weighted by molar-refractivity contribution is -0.385. The van der Waals surface area contributed by atoms with Crippen LogP contribution >= 0.6 is 0 Å². The maximum Gasteiger partial charge on any atom is 0.344 e. The van der Waals surface area contributed by atoms with Crippen LogP contribution in [0.15, 0.2) is 36.4 Å². The first kappa shape index (κ1) is 19.6. The van der Waals surface area contributed by atoms with Crippen molar-refractivity contribution in [2.75, 3.05) is 24.7 Å². The molecule has 2 aliphatic heterocycles. The molecule has 0 unspecified atom stereocenters. The summed E-state index contributed by atoms with van der Waals surface area (Å²) in [5.74, 6) is -1.22. The van der Waals surface area contributed by atoms with Crippen molar-refractivity contribution in [2.24, 2.45) is 0 Å². The van der Waals surface area contributed by atoms with E-state index in [0.29, 0.717) is 12.1 Å². The van der Waals surface area contributed by atoms with Crippen molar-refractivity contribution >= 4 is 29.0 Å². The summed E-state index contributed by atoms with van der Waals surface area (Å²) in [5.41, 5.74) is 2.83. The van der Waals surface area contributed by atoms with Crippen LogP contribution in [0.25, 0.3) is 0 Å². The van der Waals surface area contributed by atoms with Gasteiger partial charge in [-0.1, -0.05) is 12.1 Å². The van der Waals surface area contributed by atoms with Gasteiger partial charge in [0, 0.05) is 18.2 Å². The molecule has 4 rings (SSSR count). The lowest BCUT2D eigenvalue weighted by Crippen LogP contribution is -2.31. The highest BCUT2D eigenvalue weighted by Crippen LogP contribution is 2.37. The molecule has 2 aromatic rings. The number of ketones is 1. The second-order valence-electron chi connectivity index (χ2n) is 7.07. The molecule has 0 N–H and O–H groups in total. The number of nitro groups is 1. The predicted molar refractivity (Wildman–Crippen MR) is 105 cm³/mol. The molecule has 2 aromatic carbocycles. The SMILES string of the molecule is O=C(COc1ccccc1[N+](=O)[O-])OCC(=O)c1cc2c3c(c1)CC(=O)N3CCC2. The third-order valence-electron chi connectivity index (χ3n) is 5.10. The lowest BCUT2D eigenvalue weighted by atomic mass is 9.95. The Morgan fingerprint density at radius 1 is 1.13 bits per heavy atom. The number of esters is 1. The van der Waals surface area contributed by atoms with Crippen LogP contribution in [0.1, 0.15) is 27.9 Å². The highest BCUT2D eigenvalue weighted by atomic mass is 16.6. The minimum atomic E-state index is -0.814. The summed E-state index contributed by atoms with van der Waals surface area (Å²) in [6.07, 6.45) is 1.90. The molecular formula is C21H18N2O7. The molecule has 2 aliphatic rings. The van der Waals surface area contributed by atoms with Gasteiger partial charge in [-0.05, 0) is 42.2 Å². The van der Waals surface area contributed by atoms with E-state index in [-0.39, 0.29) is 29.5 Å². The normalized spacial score (nSPS) is 14.3. The Bertz CT molecular complexity index is 1060. The van der Waals surface area contributed by atoms with E-state index < -0.39 is 24.1 Å². The molecule has 30 heavy (non-hydrogen) atoms. The van der Waals surface area contributed by atoms with E-state index in [1.165, 1.54) is 18.2 Å². The third kappa shape index (κ3) is 3.73. The minimum absolute atomic E-state index is 0.0362. The average molecular weight is 410 g/mol. The van der Waals surface area contributed by atoms with E-state index in [1.54, 1.807) is 23.1 Å². The van der Waals surface area contributed by atoms with Crippen LogP contribution in [0.2, 0.25) is 0 Å². The number of anilines is 1. The van der Waals surface area contributed by atoms with Crippen LogP contribution in [-0.2, 0) is 27.2 Å². The summed E-state index contributed by atoms with van der Waals surface area (Å²) in [7, 11) is 0. The topological polar surface area (TPSA) is 116 Å². The summed E-state index contributed by atoms with van der Waals surface area (Å²) < 4.78 is 10.1. The van der Waals surface area contributed by atoms with Gasteiger partial charge in [0.2, 0.25) is 5.91 Å². The third-order valence-corrected chi connectivity index (χ3v) is 5.10. The number of nitro benzene ring substituents is 1. The number of aryl methyl sites for hydroxylation is 1. The molecule has 0 saturated heterocycles. The quantitative estimate of drug-likeness (QED) is 0.297. The number of ether oxygens (including phenoxy) is 2. The van der Waals surface area contributed by atoms with Crippen molar-refractivity contribution in [1.82, 2.24) is 0 Å². The number of carbonyl (C=O) groups excluding carboxylic acids is 3. The van der Waals surface area contributed by atoms with Crippen molar-refractivity contribution in [1.29, 1.82) is 0 Å². The molecule has 0 atom stereocenters. The fourth-order valence-electron chi connectivity index (χ4n) is 3.78. The highest BCUT2D eigenvalue weighted by Gasteiger charge is 2.33. The number of nitrogens with zero attached hydrogens (tertiary/aromatic N) is 2. The molecule has 0 fully saturated rings. The molecule has 9 heteroatoms. The molecular weight excluding hydrogens is 392 g/mol. The van der Waals surface area contributed by atoms with Gasteiger partial charge >= 0.3 is 11.7 Å². The van der Waals surface area contributed by atoms with Crippen LogP contribution in [0.4, 0.5) is 11.4 Å². The number of benzene rings is 2. The molecule has 154 valence electrons. The van der Waals surface area contributed by atoms with Gasteiger partial charge in [0.1, 0.15) is 0 Å². The van der Waals surface area contributed by atoms with Crippen LogP contribution in [-0.4, -0.2) is 42.3 Å². The zero-order valence-corrected chi connectivity index (χ0v) is 16.0. The number of hydrogen-bond acceptors (Lipinski definition) is 7. The second kappa shape index (κ2) is 7.94. The number of amides is 1. The Labute approximate surface area is 171 Å². The van der Waals surface area contributed by atoms with Crippen molar-refractivity contribution in [3.8, 4) is 5.75 Å². The number of carbonyl (C=O) groups is 3. The first-order valence-electron chi connectivity index (χ1n) is 9.45. The van der Waals surface area contributed by atoms with Gasteiger partial charge in [0.15, 0.2) is 24.7 Å². The van der Waals surface area contributed by atoms with Gasteiger partial charge < -0.3 is 14.4 Å². The van der Waals surface area contributed by atoms with Gasteiger partial charge in [0.25, 0.3) is 0 Å². The molecule has 0 radical (unpaired) electrons. The van der Waals surface area contributed by atoms with Crippen molar-refractivity contribution in [3.05, 3.63) is 63.2 Å². The van der Waals surface area contributed by atoms with E-state index in [9.17, 15) is 24.5 Å². The van der Waals surface area contributed by atoms with Crippen LogP contribution in [0.3, 0.4) is 0 Å². The van der Waals surface area contributed by atoms with Gasteiger partial charge in [-0.3, -0.25) is 19.7 Å². The summed E-state index contributed by atoms with van der Waals surface area (Å²) in [6.45, 7) is -0.338. The molecule has 2 heterocycles. The first-order chi connectivity index (χ1) is 14.4. The smallest absolute Gasteiger partial charge is 0.344 e. The Kier molecular flexibility index (Phi) is 5.18. The Morgan fingerprint density at radius 2 is 1.90 bits per heavy atom. The van der Waals surface area contributed by atoms with Crippen LogP contribution in [0, 0.1) is 10.1 Å². The van der Waals surface area contributed by atoms with Gasteiger partial charge in [-0.2, -0.15) is 0 Å².